The highest BCUT2D eigenvalue weighted by atomic mass is 16.5. The molecule has 2 atom stereocenters. The minimum absolute atomic E-state index is 0.111. The number of anilines is 1. The van der Waals surface area contributed by atoms with E-state index in [-0.39, 0.29) is 11.6 Å². The second-order valence-corrected chi connectivity index (χ2v) is 5.23. The number of pyridine rings is 1. The van der Waals surface area contributed by atoms with Crippen LogP contribution in [-0.4, -0.2) is 27.2 Å². The number of aryl methyl sites for hydroxylation is 1. The summed E-state index contributed by atoms with van der Waals surface area (Å²) in [6, 6.07) is 1.95. The van der Waals surface area contributed by atoms with Gasteiger partial charge in [0, 0.05) is 12.8 Å². The molecule has 0 spiro atoms. The Labute approximate surface area is 106 Å². The van der Waals surface area contributed by atoms with Gasteiger partial charge >= 0.3 is 0 Å². The van der Waals surface area contributed by atoms with Crippen LogP contribution in [0.5, 0.6) is 0 Å². The number of hydrogen-bond donors (Lipinski definition) is 1. The van der Waals surface area contributed by atoms with Gasteiger partial charge in [-0.1, -0.05) is 0 Å². The number of nitrogens with two attached hydrogens (primary N) is 1. The van der Waals surface area contributed by atoms with E-state index in [9.17, 15) is 0 Å². The van der Waals surface area contributed by atoms with Crippen molar-refractivity contribution >= 4 is 17.1 Å². The average molecular weight is 246 g/mol. The second kappa shape index (κ2) is 3.68. The van der Waals surface area contributed by atoms with Gasteiger partial charge in [0.15, 0.2) is 5.65 Å². The zero-order valence-corrected chi connectivity index (χ0v) is 11.0. The summed E-state index contributed by atoms with van der Waals surface area (Å²) < 4.78 is 7.73. The Morgan fingerprint density at radius 3 is 3.00 bits per heavy atom. The molecule has 0 aliphatic carbocycles. The summed E-state index contributed by atoms with van der Waals surface area (Å²) in [5, 5.41) is 0. The predicted molar refractivity (Wildman–Crippen MR) is 70.4 cm³/mol. The average Bonchev–Trinajstić information content (AvgIpc) is 2.82. The molecule has 0 bridgehead atoms. The van der Waals surface area contributed by atoms with Crippen molar-refractivity contribution in [2.45, 2.75) is 38.8 Å². The normalized spacial score (nSPS) is 28.1. The van der Waals surface area contributed by atoms with Gasteiger partial charge in [-0.25, -0.2) is 9.97 Å². The van der Waals surface area contributed by atoms with Crippen LogP contribution in [0.4, 0.5) is 5.95 Å². The first-order chi connectivity index (χ1) is 8.54. The SMILES string of the molecule is Cc1ccnc2c1nc(N)n2C1(C)CCOC1C. The number of fused-ring (bicyclic) bond motifs is 1. The largest absolute Gasteiger partial charge is 0.376 e. The summed E-state index contributed by atoms with van der Waals surface area (Å²) in [7, 11) is 0. The Bertz CT molecular complexity index is 606. The van der Waals surface area contributed by atoms with Crippen molar-refractivity contribution in [3.05, 3.63) is 17.8 Å². The lowest BCUT2D eigenvalue weighted by Crippen LogP contribution is -2.37. The molecule has 1 aliphatic heterocycles. The first kappa shape index (κ1) is 11.5. The van der Waals surface area contributed by atoms with Crippen molar-refractivity contribution in [3.63, 3.8) is 0 Å². The van der Waals surface area contributed by atoms with Crippen LogP contribution in [0, 0.1) is 6.92 Å². The molecule has 2 aromatic rings. The molecular weight excluding hydrogens is 228 g/mol. The van der Waals surface area contributed by atoms with Crippen LogP contribution in [0.25, 0.3) is 11.2 Å². The summed E-state index contributed by atoms with van der Waals surface area (Å²) in [6.45, 7) is 7.01. The molecule has 2 unspecified atom stereocenters. The molecule has 2 aromatic heterocycles. The Hall–Kier alpha value is -1.62. The van der Waals surface area contributed by atoms with Gasteiger partial charge in [-0.05, 0) is 38.8 Å². The van der Waals surface area contributed by atoms with E-state index in [2.05, 4.69) is 23.8 Å². The molecular formula is C13H18N4O. The van der Waals surface area contributed by atoms with Gasteiger partial charge in [0.05, 0.1) is 11.6 Å². The summed E-state index contributed by atoms with van der Waals surface area (Å²) in [5.74, 6) is 0.520. The zero-order chi connectivity index (χ0) is 12.9. The summed E-state index contributed by atoms with van der Waals surface area (Å²) in [5.41, 5.74) is 8.78. The fourth-order valence-corrected chi connectivity index (χ4v) is 2.73. The third kappa shape index (κ3) is 1.37. The maximum absolute atomic E-state index is 6.11. The van der Waals surface area contributed by atoms with E-state index in [1.807, 2.05) is 17.6 Å². The van der Waals surface area contributed by atoms with E-state index in [0.717, 1.165) is 29.8 Å². The first-order valence-corrected chi connectivity index (χ1v) is 6.25. The van der Waals surface area contributed by atoms with E-state index in [1.165, 1.54) is 0 Å². The zero-order valence-electron chi connectivity index (χ0n) is 11.0. The van der Waals surface area contributed by atoms with Crippen molar-refractivity contribution < 1.29 is 4.74 Å². The molecule has 18 heavy (non-hydrogen) atoms. The Balaban J connectivity index is 2.29. The quantitative estimate of drug-likeness (QED) is 0.834. The molecule has 0 aromatic carbocycles. The predicted octanol–water partition coefficient (Wildman–Crippen LogP) is 1.85. The molecule has 0 saturated carbocycles. The summed E-state index contributed by atoms with van der Waals surface area (Å²) in [6.07, 6.45) is 2.85. The standard InChI is InChI=1S/C13H18N4O/c1-8-4-6-15-11-10(8)16-12(14)17(11)13(3)5-7-18-9(13)2/h4,6,9H,5,7H2,1-3H3,(H2,14,16). The molecule has 5 nitrogen and oxygen atoms in total. The third-order valence-electron chi connectivity index (χ3n) is 4.14. The highest BCUT2D eigenvalue weighted by Gasteiger charge is 2.41. The van der Waals surface area contributed by atoms with Crippen molar-refractivity contribution in [1.82, 2.24) is 14.5 Å². The second-order valence-electron chi connectivity index (χ2n) is 5.23. The molecule has 1 fully saturated rings. The molecule has 0 amide bonds. The Morgan fingerprint density at radius 1 is 1.56 bits per heavy atom. The molecule has 0 radical (unpaired) electrons. The van der Waals surface area contributed by atoms with Crippen LogP contribution in [0.15, 0.2) is 12.3 Å². The number of ether oxygens (including phenoxy) is 1. The molecule has 2 N–H and O–H groups in total. The van der Waals surface area contributed by atoms with Gasteiger partial charge in [-0.2, -0.15) is 0 Å². The Morgan fingerprint density at radius 2 is 2.33 bits per heavy atom. The van der Waals surface area contributed by atoms with Crippen LogP contribution in [0.3, 0.4) is 0 Å². The van der Waals surface area contributed by atoms with Gasteiger partial charge in [0.25, 0.3) is 0 Å². The highest BCUT2D eigenvalue weighted by Crippen LogP contribution is 2.37. The van der Waals surface area contributed by atoms with Crippen molar-refractivity contribution in [3.8, 4) is 0 Å². The minimum atomic E-state index is -0.167. The maximum Gasteiger partial charge on any atom is 0.203 e. The number of imidazole rings is 1. The Kier molecular flexibility index (Phi) is 2.35. The molecule has 5 heteroatoms. The fourth-order valence-electron chi connectivity index (χ4n) is 2.73. The molecule has 3 rings (SSSR count). The minimum Gasteiger partial charge on any atom is -0.376 e. The van der Waals surface area contributed by atoms with E-state index in [4.69, 9.17) is 10.5 Å². The van der Waals surface area contributed by atoms with Crippen molar-refractivity contribution in [1.29, 1.82) is 0 Å². The van der Waals surface area contributed by atoms with Crippen LogP contribution >= 0.6 is 0 Å². The number of nitrogens with zero attached hydrogens (tertiary/aromatic N) is 3. The topological polar surface area (TPSA) is 66.0 Å². The van der Waals surface area contributed by atoms with Gasteiger partial charge in [-0.15, -0.1) is 0 Å². The summed E-state index contributed by atoms with van der Waals surface area (Å²) in [4.78, 5) is 8.91. The van der Waals surface area contributed by atoms with E-state index in [0.29, 0.717) is 5.95 Å². The smallest absolute Gasteiger partial charge is 0.203 e. The molecule has 96 valence electrons. The number of nitrogen functional groups attached to an aromatic ring is 1. The lowest BCUT2D eigenvalue weighted by molar-refractivity contribution is 0.0781. The highest BCUT2D eigenvalue weighted by molar-refractivity contribution is 5.78. The van der Waals surface area contributed by atoms with Crippen molar-refractivity contribution in [2.24, 2.45) is 0 Å². The number of hydrogen-bond acceptors (Lipinski definition) is 4. The summed E-state index contributed by atoms with van der Waals surface area (Å²) >= 11 is 0. The van der Waals surface area contributed by atoms with E-state index >= 15 is 0 Å². The van der Waals surface area contributed by atoms with E-state index < -0.39 is 0 Å². The molecule has 3 heterocycles. The maximum atomic E-state index is 6.11. The van der Waals surface area contributed by atoms with Crippen LogP contribution in [0.2, 0.25) is 0 Å². The lowest BCUT2D eigenvalue weighted by atomic mass is 9.94. The van der Waals surface area contributed by atoms with Gasteiger partial charge in [0.2, 0.25) is 5.95 Å². The van der Waals surface area contributed by atoms with E-state index in [1.54, 1.807) is 6.20 Å². The van der Waals surface area contributed by atoms with Crippen LogP contribution < -0.4 is 5.73 Å². The fraction of sp³-hybridized carbons (Fsp3) is 0.538. The number of rotatable bonds is 1. The third-order valence-corrected chi connectivity index (χ3v) is 4.14. The van der Waals surface area contributed by atoms with Gasteiger partial charge < -0.3 is 10.5 Å². The molecule has 1 aliphatic rings. The monoisotopic (exact) mass is 246 g/mol. The van der Waals surface area contributed by atoms with Gasteiger partial charge in [0.1, 0.15) is 5.52 Å². The first-order valence-electron chi connectivity index (χ1n) is 6.25. The lowest BCUT2D eigenvalue weighted by Gasteiger charge is -2.30. The van der Waals surface area contributed by atoms with Crippen LogP contribution in [-0.2, 0) is 10.3 Å². The van der Waals surface area contributed by atoms with Gasteiger partial charge in [-0.3, -0.25) is 4.57 Å². The van der Waals surface area contributed by atoms with Crippen LogP contribution in [0.1, 0.15) is 25.8 Å². The van der Waals surface area contributed by atoms with Crippen molar-refractivity contribution in [2.75, 3.05) is 12.3 Å². The number of aromatic nitrogens is 3. The molecule has 1 saturated heterocycles.